The molecule has 0 spiro atoms. The summed E-state index contributed by atoms with van der Waals surface area (Å²) in [7, 11) is 0. The van der Waals surface area contributed by atoms with Gasteiger partial charge in [-0.1, -0.05) is 146 Å². The van der Waals surface area contributed by atoms with E-state index in [0.29, 0.717) is 0 Å². The van der Waals surface area contributed by atoms with Gasteiger partial charge in [-0.2, -0.15) is 0 Å². The summed E-state index contributed by atoms with van der Waals surface area (Å²) in [6, 6.07) is 72.5. The Morgan fingerprint density at radius 2 is 0.889 bits per heavy atom. The minimum Gasteiger partial charge on any atom is -0.456 e. The zero-order valence-electron chi connectivity index (χ0n) is 29.4. The van der Waals surface area contributed by atoms with Gasteiger partial charge in [0.15, 0.2) is 0 Å². The lowest BCUT2D eigenvalue weighted by Crippen LogP contribution is -2.12. The molecule has 0 bridgehead atoms. The summed E-state index contributed by atoms with van der Waals surface area (Å²) < 4.78 is 6.42. The van der Waals surface area contributed by atoms with Crippen LogP contribution >= 0.6 is 0 Å². The van der Waals surface area contributed by atoms with Crippen molar-refractivity contribution >= 4 is 82.1 Å². The average molecular weight is 688 g/mol. The van der Waals surface area contributed by atoms with Gasteiger partial charge in [0.05, 0.1) is 11.4 Å². The van der Waals surface area contributed by atoms with Crippen LogP contribution in [0.2, 0.25) is 0 Å². The Bertz CT molecular complexity index is 3230. The minimum atomic E-state index is 0.892. The lowest BCUT2D eigenvalue weighted by molar-refractivity contribution is 0.669. The third-order valence-electron chi connectivity index (χ3n) is 11.0. The van der Waals surface area contributed by atoms with E-state index in [1.165, 1.54) is 54.2 Å². The van der Waals surface area contributed by atoms with Gasteiger partial charge in [0, 0.05) is 27.4 Å². The van der Waals surface area contributed by atoms with E-state index >= 15 is 0 Å². The van der Waals surface area contributed by atoms with Crippen molar-refractivity contribution in [1.29, 1.82) is 0 Å². The fraction of sp³-hybridized carbons (Fsp3) is 0. The topological polar surface area (TPSA) is 16.4 Å². The third-order valence-corrected chi connectivity index (χ3v) is 11.0. The summed E-state index contributed by atoms with van der Waals surface area (Å²) in [4.78, 5) is 2.44. The zero-order valence-corrected chi connectivity index (χ0v) is 29.4. The second-order valence-electron chi connectivity index (χ2n) is 14.1. The van der Waals surface area contributed by atoms with Crippen LogP contribution in [0.25, 0.3) is 87.3 Å². The van der Waals surface area contributed by atoms with Crippen molar-refractivity contribution in [3.63, 3.8) is 0 Å². The van der Waals surface area contributed by atoms with Crippen LogP contribution < -0.4 is 4.90 Å². The maximum atomic E-state index is 6.42. The van der Waals surface area contributed by atoms with Crippen LogP contribution in [0.15, 0.2) is 205 Å². The second-order valence-corrected chi connectivity index (χ2v) is 14.1. The molecule has 0 N–H and O–H groups in total. The quantitative estimate of drug-likeness (QED) is 0.168. The summed E-state index contributed by atoms with van der Waals surface area (Å²) in [6.07, 6.45) is 0. The molecular weight excluding hydrogens is 655 g/mol. The summed E-state index contributed by atoms with van der Waals surface area (Å²) in [5.74, 6) is 0. The lowest BCUT2D eigenvalue weighted by Gasteiger charge is -2.29. The van der Waals surface area contributed by atoms with Crippen LogP contribution in [0.1, 0.15) is 0 Å². The van der Waals surface area contributed by atoms with E-state index in [1.807, 2.05) is 0 Å². The number of rotatable bonds is 5. The Labute approximate surface area is 312 Å². The van der Waals surface area contributed by atoms with Crippen LogP contribution in [-0.2, 0) is 0 Å². The molecule has 0 aliphatic carbocycles. The molecule has 54 heavy (non-hydrogen) atoms. The van der Waals surface area contributed by atoms with Gasteiger partial charge in [-0.05, 0) is 109 Å². The van der Waals surface area contributed by atoms with Crippen molar-refractivity contribution in [1.82, 2.24) is 0 Å². The molecule has 0 atom stereocenters. The number of nitrogens with zero attached hydrogens (tertiary/aromatic N) is 1. The highest BCUT2D eigenvalue weighted by atomic mass is 16.3. The molecule has 11 rings (SSSR count). The summed E-state index contributed by atoms with van der Waals surface area (Å²) in [5.41, 5.74) is 9.80. The fourth-order valence-electron chi connectivity index (χ4n) is 8.34. The molecule has 0 saturated carbocycles. The van der Waals surface area contributed by atoms with Crippen molar-refractivity contribution in [3.05, 3.63) is 200 Å². The van der Waals surface area contributed by atoms with Gasteiger partial charge in [-0.25, -0.2) is 0 Å². The number of furan rings is 1. The van der Waals surface area contributed by atoms with Gasteiger partial charge in [0.25, 0.3) is 0 Å². The van der Waals surface area contributed by atoms with Crippen LogP contribution in [0, 0.1) is 0 Å². The monoisotopic (exact) mass is 687 g/mol. The van der Waals surface area contributed by atoms with Crippen molar-refractivity contribution < 1.29 is 4.42 Å². The van der Waals surface area contributed by atoms with E-state index in [1.54, 1.807) is 0 Å². The highest BCUT2D eigenvalue weighted by molar-refractivity contribution is 6.15. The second kappa shape index (κ2) is 12.2. The number of benzene rings is 10. The Morgan fingerprint density at radius 3 is 1.70 bits per heavy atom. The first kappa shape index (κ1) is 30.5. The van der Waals surface area contributed by atoms with Gasteiger partial charge in [0.2, 0.25) is 0 Å². The van der Waals surface area contributed by atoms with Gasteiger partial charge in [-0.15, -0.1) is 0 Å². The first-order valence-electron chi connectivity index (χ1n) is 18.5. The smallest absolute Gasteiger partial charge is 0.136 e. The number of hydrogen-bond donors (Lipinski definition) is 0. The molecule has 2 heteroatoms. The van der Waals surface area contributed by atoms with Crippen LogP contribution in [0.3, 0.4) is 0 Å². The Morgan fingerprint density at radius 1 is 0.296 bits per heavy atom. The van der Waals surface area contributed by atoms with E-state index in [4.69, 9.17) is 4.42 Å². The molecule has 0 fully saturated rings. The Hall–Kier alpha value is -7.16. The van der Waals surface area contributed by atoms with E-state index < -0.39 is 0 Å². The van der Waals surface area contributed by atoms with Gasteiger partial charge < -0.3 is 9.32 Å². The summed E-state index contributed by atoms with van der Waals surface area (Å²) >= 11 is 0. The highest BCUT2D eigenvalue weighted by Gasteiger charge is 2.21. The maximum absolute atomic E-state index is 6.42. The van der Waals surface area contributed by atoms with E-state index in [-0.39, 0.29) is 0 Å². The van der Waals surface area contributed by atoms with Crippen LogP contribution in [0.5, 0.6) is 0 Å². The SMILES string of the molecule is c1ccc(N(c2ccc(-c3ccc4ccccc4c3)cc2)c2cc3ccccc3c3ccccc23)c(-c2ccc3oc4cc5ccccc5cc4c3c2)c1. The maximum Gasteiger partial charge on any atom is 0.136 e. The van der Waals surface area contributed by atoms with Crippen molar-refractivity contribution in [2.75, 3.05) is 4.90 Å². The molecule has 0 radical (unpaired) electrons. The molecule has 0 aliphatic rings. The van der Waals surface area contributed by atoms with E-state index in [2.05, 4.69) is 205 Å². The molecule has 0 aliphatic heterocycles. The Kier molecular flexibility index (Phi) is 6.90. The molecule has 252 valence electrons. The lowest BCUT2D eigenvalue weighted by atomic mass is 9.96. The fourth-order valence-corrected chi connectivity index (χ4v) is 8.34. The number of anilines is 3. The molecule has 0 saturated heterocycles. The first-order valence-corrected chi connectivity index (χ1v) is 18.5. The number of para-hydroxylation sites is 1. The van der Waals surface area contributed by atoms with Gasteiger partial charge in [0.1, 0.15) is 11.2 Å². The van der Waals surface area contributed by atoms with Gasteiger partial charge in [-0.3, -0.25) is 0 Å². The Balaban J connectivity index is 1.12. The average Bonchev–Trinajstić information content (AvgIpc) is 3.59. The molecule has 0 unspecified atom stereocenters. The highest BCUT2D eigenvalue weighted by Crippen LogP contribution is 2.46. The molecule has 1 aromatic heterocycles. The summed E-state index contributed by atoms with van der Waals surface area (Å²) in [5, 5.41) is 12.0. The minimum absolute atomic E-state index is 0.892. The zero-order chi connectivity index (χ0) is 35.6. The normalized spacial score (nSPS) is 11.7. The van der Waals surface area contributed by atoms with Crippen molar-refractivity contribution in [2.45, 2.75) is 0 Å². The van der Waals surface area contributed by atoms with E-state index in [9.17, 15) is 0 Å². The van der Waals surface area contributed by atoms with Crippen LogP contribution in [-0.4, -0.2) is 0 Å². The van der Waals surface area contributed by atoms with Crippen molar-refractivity contribution in [3.8, 4) is 22.3 Å². The number of hydrogen-bond acceptors (Lipinski definition) is 2. The van der Waals surface area contributed by atoms with Gasteiger partial charge >= 0.3 is 0 Å². The first-order chi connectivity index (χ1) is 26.7. The standard InChI is InChI=1S/C52H33NO/c1-2-12-36-29-39(22-21-34(36)11-1)35-23-26-42(27-24-35)53(50-32-40-15-5-6-16-43(40)45-18-7-8-19-46(45)50)49-20-10-9-17-44(49)41-25-28-51-47(31-41)48-30-37-13-3-4-14-38(37)33-52(48)54-51/h1-33H. The molecular formula is C52H33NO. The largest absolute Gasteiger partial charge is 0.456 e. The van der Waals surface area contributed by atoms with Crippen LogP contribution in [0.4, 0.5) is 17.1 Å². The predicted octanol–water partition coefficient (Wildman–Crippen LogP) is 15.0. The predicted molar refractivity (Wildman–Crippen MR) is 229 cm³/mol. The number of fused-ring (bicyclic) bond motifs is 8. The molecule has 1 heterocycles. The van der Waals surface area contributed by atoms with E-state index in [0.717, 1.165) is 50.1 Å². The molecule has 10 aromatic carbocycles. The molecule has 11 aromatic rings. The third kappa shape index (κ3) is 4.96. The molecule has 0 amide bonds. The van der Waals surface area contributed by atoms with Crippen molar-refractivity contribution in [2.24, 2.45) is 0 Å². The molecule has 2 nitrogen and oxygen atoms in total. The summed E-state index contributed by atoms with van der Waals surface area (Å²) in [6.45, 7) is 0.